The molecule has 0 unspecified atom stereocenters. The van der Waals surface area contributed by atoms with E-state index in [2.05, 4.69) is 46.2 Å². The molecule has 0 bridgehead atoms. The number of piperazine rings is 1. The van der Waals surface area contributed by atoms with Crippen LogP contribution in [0.2, 0.25) is 0 Å². The zero-order valence-corrected chi connectivity index (χ0v) is 17.8. The van der Waals surface area contributed by atoms with Crippen LogP contribution in [0.5, 0.6) is 5.75 Å². The highest BCUT2D eigenvalue weighted by Gasteiger charge is 2.19. The van der Waals surface area contributed by atoms with E-state index in [1.807, 2.05) is 12.1 Å². The van der Waals surface area contributed by atoms with Crippen LogP contribution in [0.1, 0.15) is 10.4 Å². The predicted molar refractivity (Wildman–Crippen MR) is 120 cm³/mol. The van der Waals surface area contributed by atoms with Gasteiger partial charge in [-0.15, -0.1) is 23.7 Å². The van der Waals surface area contributed by atoms with Gasteiger partial charge in [0.25, 0.3) is 0 Å². The van der Waals surface area contributed by atoms with Crippen molar-refractivity contribution in [1.82, 2.24) is 4.90 Å². The highest BCUT2D eigenvalue weighted by atomic mass is 35.5. The second-order valence-electron chi connectivity index (χ2n) is 6.99. The first-order chi connectivity index (χ1) is 13.3. The van der Waals surface area contributed by atoms with Gasteiger partial charge in [-0.2, -0.15) is 0 Å². The van der Waals surface area contributed by atoms with Crippen molar-refractivity contribution in [2.75, 3.05) is 44.7 Å². The molecule has 0 saturated carbocycles. The minimum Gasteiger partial charge on any atom is -0.497 e. The minimum absolute atomic E-state index is 0. The second kappa shape index (κ2) is 9.61. The van der Waals surface area contributed by atoms with Gasteiger partial charge in [-0.05, 0) is 42.3 Å². The normalized spacial score (nSPS) is 14.9. The fourth-order valence-electron chi connectivity index (χ4n) is 3.74. The molecule has 2 heterocycles. The van der Waals surface area contributed by atoms with Crippen LogP contribution in [0.25, 0.3) is 10.1 Å². The van der Waals surface area contributed by atoms with Crippen molar-refractivity contribution in [1.29, 1.82) is 0 Å². The summed E-state index contributed by atoms with van der Waals surface area (Å²) < 4.78 is 6.49. The zero-order valence-electron chi connectivity index (χ0n) is 16.1. The number of hydrogen-bond acceptors (Lipinski definition) is 5. The van der Waals surface area contributed by atoms with Gasteiger partial charge in [0.05, 0.1) is 13.7 Å². The smallest absolute Gasteiger partial charge is 0.118 e. The standard InChI is InChI=1S/C22H26N2O2S.ClH/c1-26-18-7-5-17(6-8-18)9-10-23-11-13-24(14-12-23)21-3-2-4-22-20(21)15-19(16-25)27-22;/h2-8,15,25H,9-14,16H2,1H3;1H. The molecule has 0 amide bonds. The van der Waals surface area contributed by atoms with Crippen molar-refractivity contribution in [2.45, 2.75) is 13.0 Å². The molecule has 1 fully saturated rings. The molecule has 4 nitrogen and oxygen atoms in total. The maximum Gasteiger partial charge on any atom is 0.118 e. The van der Waals surface area contributed by atoms with Gasteiger partial charge in [-0.25, -0.2) is 0 Å². The molecule has 0 spiro atoms. The zero-order chi connectivity index (χ0) is 18.6. The molecule has 2 aromatic carbocycles. The molecular formula is C22H27ClN2O2S. The molecule has 3 aromatic rings. The number of benzene rings is 2. The highest BCUT2D eigenvalue weighted by Crippen LogP contribution is 2.33. The van der Waals surface area contributed by atoms with E-state index in [1.54, 1.807) is 18.4 Å². The number of aliphatic hydroxyl groups excluding tert-OH is 1. The Hall–Kier alpha value is -1.79. The lowest BCUT2D eigenvalue weighted by Crippen LogP contribution is -2.47. The molecule has 0 radical (unpaired) electrons. The molecule has 150 valence electrons. The van der Waals surface area contributed by atoms with E-state index in [-0.39, 0.29) is 19.0 Å². The molecule has 1 saturated heterocycles. The predicted octanol–water partition coefficient (Wildman–Crippen LogP) is 4.19. The summed E-state index contributed by atoms with van der Waals surface area (Å²) in [5.74, 6) is 0.916. The Balaban J connectivity index is 0.00000225. The minimum atomic E-state index is 0. The van der Waals surface area contributed by atoms with Gasteiger partial charge < -0.3 is 14.7 Å². The van der Waals surface area contributed by atoms with E-state index in [0.717, 1.165) is 49.8 Å². The third kappa shape index (κ3) is 4.61. The van der Waals surface area contributed by atoms with E-state index in [0.29, 0.717) is 0 Å². The van der Waals surface area contributed by atoms with Crippen molar-refractivity contribution in [2.24, 2.45) is 0 Å². The molecule has 0 atom stereocenters. The van der Waals surface area contributed by atoms with Crippen LogP contribution < -0.4 is 9.64 Å². The summed E-state index contributed by atoms with van der Waals surface area (Å²) in [7, 11) is 1.70. The summed E-state index contributed by atoms with van der Waals surface area (Å²) >= 11 is 1.69. The van der Waals surface area contributed by atoms with E-state index < -0.39 is 0 Å². The number of fused-ring (bicyclic) bond motifs is 1. The Morgan fingerprint density at radius 1 is 1.04 bits per heavy atom. The quantitative estimate of drug-likeness (QED) is 0.651. The number of ether oxygens (including phenoxy) is 1. The fourth-order valence-corrected chi connectivity index (χ4v) is 4.69. The summed E-state index contributed by atoms with van der Waals surface area (Å²) in [5.41, 5.74) is 2.66. The Kier molecular flexibility index (Phi) is 7.18. The lowest BCUT2D eigenvalue weighted by atomic mass is 10.1. The van der Waals surface area contributed by atoms with Crippen LogP contribution in [0.4, 0.5) is 5.69 Å². The Bertz CT molecular complexity index is 889. The SMILES string of the molecule is COc1ccc(CCN2CCN(c3cccc4sc(CO)cc34)CC2)cc1.Cl. The van der Waals surface area contributed by atoms with Crippen LogP contribution >= 0.6 is 23.7 Å². The number of thiophene rings is 1. The van der Waals surface area contributed by atoms with Crippen molar-refractivity contribution >= 4 is 39.5 Å². The monoisotopic (exact) mass is 418 g/mol. The number of hydrogen-bond donors (Lipinski definition) is 1. The van der Waals surface area contributed by atoms with Gasteiger partial charge in [0.15, 0.2) is 0 Å². The number of methoxy groups -OCH3 is 1. The van der Waals surface area contributed by atoms with E-state index >= 15 is 0 Å². The number of aliphatic hydroxyl groups is 1. The van der Waals surface area contributed by atoms with Crippen molar-refractivity contribution in [3.8, 4) is 5.75 Å². The topological polar surface area (TPSA) is 35.9 Å². The maximum atomic E-state index is 9.44. The first-order valence-corrected chi connectivity index (χ1v) is 10.3. The Labute approximate surface area is 176 Å². The van der Waals surface area contributed by atoms with Crippen molar-refractivity contribution in [3.05, 3.63) is 59.0 Å². The van der Waals surface area contributed by atoms with Crippen molar-refractivity contribution in [3.63, 3.8) is 0 Å². The summed E-state index contributed by atoms with van der Waals surface area (Å²) in [6.45, 7) is 5.49. The van der Waals surface area contributed by atoms with Crippen LogP contribution in [-0.2, 0) is 13.0 Å². The van der Waals surface area contributed by atoms with Gasteiger partial charge in [0.1, 0.15) is 5.75 Å². The van der Waals surface area contributed by atoms with Crippen LogP contribution in [0.15, 0.2) is 48.5 Å². The van der Waals surface area contributed by atoms with E-state index in [1.165, 1.54) is 21.3 Å². The van der Waals surface area contributed by atoms with Gasteiger partial charge >= 0.3 is 0 Å². The number of halogens is 1. The average Bonchev–Trinajstić information content (AvgIpc) is 3.16. The largest absolute Gasteiger partial charge is 0.497 e. The summed E-state index contributed by atoms with van der Waals surface area (Å²) in [5, 5.41) is 10.7. The first-order valence-electron chi connectivity index (χ1n) is 9.49. The molecular weight excluding hydrogens is 392 g/mol. The lowest BCUT2D eigenvalue weighted by Gasteiger charge is -2.36. The van der Waals surface area contributed by atoms with E-state index in [9.17, 15) is 5.11 Å². The van der Waals surface area contributed by atoms with Gasteiger partial charge in [-0.3, -0.25) is 4.90 Å². The molecule has 1 aliphatic heterocycles. The maximum absolute atomic E-state index is 9.44. The fraction of sp³-hybridized carbons (Fsp3) is 0.364. The summed E-state index contributed by atoms with van der Waals surface area (Å²) in [4.78, 5) is 6.07. The van der Waals surface area contributed by atoms with Crippen LogP contribution in [0.3, 0.4) is 0 Å². The van der Waals surface area contributed by atoms with Gasteiger partial charge in [-0.1, -0.05) is 18.2 Å². The molecule has 1 N–H and O–H groups in total. The van der Waals surface area contributed by atoms with Crippen LogP contribution in [-0.4, -0.2) is 49.8 Å². The Morgan fingerprint density at radius 2 is 1.79 bits per heavy atom. The molecule has 1 aliphatic rings. The molecule has 0 aliphatic carbocycles. The highest BCUT2D eigenvalue weighted by molar-refractivity contribution is 7.19. The van der Waals surface area contributed by atoms with Gasteiger partial charge in [0, 0.05) is 53.4 Å². The summed E-state index contributed by atoms with van der Waals surface area (Å²) in [6, 6.07) is 17.0. The van der Waals surface area contributed by atoms with Crippen molar-refractivity contribution < 1.29 is 9.84 Å². The van der Waals surface area contributed by atoms with Gasteiger partial charge in [0.2, 0.25) is 0 Å². The average molecular weight is 419 g/mol. The molecule has 6 heteroatoms. The molecule has 1 aromatic heterocycles. The Morgan fingerprint density at radius 3 is 2.46 bits per heavy atom. The summed E-state index contributed by atoms with van der Waals surface area (Å²) in [6.07, 6.45) is 1.07. The third-order valence-corrected chi connectivity index (χ3v) is 6.42. The third-order valence-electron chi connectivity index (χ3n) is 5.33. The lowest BCUT2D eigenvalue weighted by molar-refractivity contribution is 0.261. The van der Waals surface area contributed by atoms with Crippen LogP contribution in [0, 0.1) is 0 Å². The molecule has 28 heavy (non-hydrogen) atoms. The number of rotatable bonds is 6. The first kappa shape index (κ1) is 20.9. The van der Waals surface area contributed by atoms with E-state index in [4.69, 9.17) is 4.74 Å². The molecule has 4 rings (SSSR count). The second-order valence-corrected chi connectivity index (χ2v) is 8.15. The number of anilines is 1. The number of nitrogens with zero attached hydrogens (tertiary/aromatic N) is 2.